The highest BCUT2D eigenvalue weighted by Crippen LogP contribution is 2.15. The molecule has 7 heteroatoms. The van der Waals surface area contributed by atoms with Crippen LogP contribution in [0.25, 0.3) is 0 Å². The fourth-order valence-corrected chi connectivity index (χ4v) is 1.68. The third kappa shape index (κ3) is 4.99. The van der Waals surface area contributed by atoms with Crippen molar-refractivity contribution in [3.05, 3.63) is 48.7 Å². The Kier molecular flexibility index (Phi) is 5.51. The number of benzene rings is 1. The van der Waals surface area contributed by atoms with Crippen LogP contribution in [0.2, 0.25) is 0 Å². The van der Waals surface area contributed by atoms with Crippen LogP contribution in [0.4, 0.5) is 16.2 Å². The molecule has 1 aromatic heterocycles. The van der Waals surface area contributed by atoms with Crippen LogP contribution in [-0.4, -0.2) is 30.8 Å². The molecular weight excluding hydrogens is 298 g/mol. The summed E-state index contributed by atoms with van der Waals surface area (Å²) >= 11 is 0. The van der Waals surface area contributed by atoms with Crippen molar-refractivity contribution in [3.63, 3.8) is 0 Å². The van der Waals surface area contributed by atoms with Gasteiger partial charge in [-0.1, -0.05) is 18.2 Å². The molecule has 0 radical (unpaired) electrons. The lowest BCUT2D eigenvalue weighted by Crippen LogP contribution is -2.29. The number of rotatable bonds is 5. The van der Waals surface area contributed by atoms with Gasteiger partial charge < -0.3 is 14.8 Å². The Morgan fingerprint density at radius 3 is 2.52 bits per heavy atom. The van der Waals surface area contributed by atoms with Crippen molar-refractivity contribution in [2.75, 3.05) is 24.0 Å². The number of hydrogen-bond donors (Lipinski definition) is 1. The highest BCUT2D eigenvalue weighted by Gasteiger charge is 2.13. The minimum atomic E-state index is -0.538. The predicted octanol–water partition coefficient (Wildman–Crippen LogP) is 2.65. The van der Waals surface area contributed by atoms with Gasteiger partial charge in [0.05, 0.1) is 11.9 Å². The van der Waals surface area contributed by atoms with Crippen molar-refractivity contribution >= 4 is 23.4 Å². The van der Waals surface area contributed by atoms with E-state index in [0.29, 0.717) is 5.69 Å². The maximum atomic E-state index is 12.0. The number of pyridine rings is 1. The van der Waals surface area contributed by atoms with Gasteiger partial charge in [-0.3, -0.25) is 9.69 Å². The molecule has 0 saturated heterocycles. The van der Waals surface area contributed by atoms with E-state index < -0.39 is 6.09 Å². The van der Waals surface area contributed by atoms with E-state index in [-0.39, 0.29) is 18.6 Å². The zero-order chi connectivity index (χ0) is 16.7. The topological polar surface area (TPSA) is 80.8 Å². The Hall–Kier alpha value is -3.09. The molecule has 0 spiro atoms. The zero-order valence-electron chi connectivity index (χ0n) is 12.9. The minimum absolute atomic E-state index is 0.0485. The van der Waals surface area contributed by atoms with Crippen LogP contribution in [0.15, 0.2) is 48.7 Å². The molecule has 2 rings (SSSR count). The number of aromatic nitrogens is 1. The molecule has 0 saturated carbocycles. The number of carbonyl (C=O) groups is 2. The number of para-hydroxylation sites is 1. The summed E-state index contributed by atoms with van der Waals surface area (Å²) < 4.78 is 9.94. The highest BCUT2D eigenvalue weighted by atomic mass is 16.6. The lowest BCUT2D eigenvalue weighted by Gasteiger charge is -2.16. The molecular formula is C16H17N3O4. The predicted molar refractivity (Wildman–Crippen MR) is 85.4 cm³/mol. The molecule has 1 heterocycles. The van der Waals surface area contributed by atoms with Crippen LogP contribution in [0, 0.1) is 0 Å². The number of anilines is 2. The maximum Gasteiger partial charge on any atom is 0.420 e. The van der Waals surface area contributed by atoms with Crippen molar-refractivity contribution < 1.29 is 19.1 Å². The minimum Gasteiger partial charge on any atom is -0.445 e. The summed E-state index contributed by atoms with van der Waals surface area (Å²) in [5.74, 6) is -0.198. The first-order valence-electron chi connectivity index (χ1n) is 6.90. The molecule has 0 atom stereocenters. The summed E-state index contributed by atoms with van der Waals surface area (Å²) in [6.45, 7) is 1.37. The third-order valence-corrected chi connectivity index (χ3v) is 2.90. The van der Waals surface area contributed by atoms with E-state index in [9.17, 15) is 9.59 Å². The number of hydrogen-bond acceptors (Lipinski definition) is 6. The van der Waals surface area contributed by atoms with E-state index in [1.54, 1.807) is 31.3 Å². The second kappa shape index (κ2) is 7.79. The Bertz CT molecular complexity index is 659. The Morgan fingerprint density at radius 2 is 1.91 bits per heavy atom. The molecule has 1 amide bonds. The van der Waals surface area contributed by atoms with Gasteiger partial charge in [0.1, 0.15) is 0 Å². The fraction of sp³-hybridized carbons (Fsp3) is 0.188. The summed E-state index contributed by atoms with van der Waals surface area (Å²) in [7, 11) is 1.62. The number of carbonyl (C=O) groups excluding carboxylic acids is 2. The molecule has 1 N–H and O–H groups in total. The lowest BCUT2D eigenvalue weighted by atomic mass is 10.3. The van der Waals surface area contributed by atoms with Crippen LogP contribution in [-0.2, 0) is 9.53 Å². The summed E-state index contributed by atoms with van der Waals surface area (Å²) in [6.07, 6.45) is 0.943. The van der Waals surface area contributed by atoms with E-state index in [1.807, 2.05) is 18.2 Å². The first kappa shape index (κ1) is 16.3. The molecule has 0 bridgehead atoms. The van der Waals surface area contributed by atoms with Gasteiger partial charge in [-0.15, -0.1) is 0 Å². The first-order valence-corrected chi connectivity index (χ1v) is 6.90. The van der Waals surface area contributed by atoms with Gasteiger partial charge in [-0.25, -0.2) is 9.78 Å². The third-order valence-electron chi connectivity index (χ3n) is 2.90. The summed E-state index contributed by atoms with van der Waals surface area (Å²) in [6, 6.07) is 12.4. The standard InChI is InChI=1S/C16H17N3O4/c1-12(20)22-11-18-13-8-9-15(17-10-13)23-16(21)19(2)14-6-4-3-5-7-14/h3-10,18H,11H2,1-2H3. The van der Waals surface area contributed by atoms with Gasteiger partial charge in [0.15, 0.2) is 6.73 Å². The molecule has 1 aromatic carbocycles. The van der Waals surface area contributed by atoms with E-state index in [0.717, 1.165) is 5.69 Å². The number of nitrogens with zero attached hydrogens (tertiary/aromatic N) is 2. The van der Waals surface area contributed by atoms with Gasteiger partial charge in [0, 0.05) is 25.7 Å². The molecule has 0 fully saturated rings. The van der Waals surface area contributed by atoms with E-state index in [2.05, 4.69) is 10.3 Å². The number of esters is 1. The van der Waals surface area contributed by atoms with Crippen LogP contribution < -0.4 is 15.0 Å². The van der Waals surface area contributed by atoms with E-state index in [1.165, 1.54) is 18.0 Å². The van der Waals surface area contributed by atoms with Crippen molar-refractivity contribution in [2.24, 2.45) is 0 Å². The monoisotopic (exact) mass is 315 g/mol. The lowest BCUT2D eigenvalue weighted by molar-refractivity contribution is -0.140. The summed E-state index contributed by atoms with van der Waals surface area (Å²) in [4.78, 5) is 28.1. The number of nitrogens with one attached hydrogen (secondary N) is 1. The van der Waals surface area contributed by atoms with Gasteiger partial charge in [0.2, 0.25) is 5.88 Å². The van der Waals surface area contributed by atoms with Crippen LogP contribution in [0.5, 0.6) is 5.88 Å². The zero-order valence-corrected chi connectivity index (χ0v) is 12.9. The highest BCUT2D eigenvalue weighted by molar-refractivity contribution is 5.88. The van der Waals surface area contributed by atoms with Crippen molar-refractivity contribution in [3.8, 4) is 5.88 Å². The molecule has 7 nitrogen and oxygen atoms in total. The van der Waals surface area contributed by atoms with Gasteiger partial charge in [-0.05, 0) is 18.2 Å². The van der Waals surface area contributed by atoms with Gasteiger partial charge >= 0.3 is 12.1 Å². The molecule has 0 aliphatic rings. The van der Waals surface area contributed by atoms with E-state index >= 15 is 0 Å². The fourth-order valence-electron chi connectivity index (χ4n) is 1.68. The number of ether oxygens (including phenoxy) is 2. The van der Waals surface area contributed by atoms with Crippen molar-refractivity contribution in [2.45, 2.75) is 6.92 Å². The molecule has 23 heavy (non-hydrogen) atoms. The summed E-state index contributed by atoms with van der Waals surface area (Å²) in [5, 5.41) is 2.85. The average molecular weight is 315 g/mol. The maximum absolute atomic E-state index is 12.0. The first-order chi connectivity index (χ1) is 11.1. The van der Waals surface area contributed by atoms with Crippen molar-refractivity contribution in [1.29, 1.82) is 0 Å². The summed E-state index contributed by atoms with van der Waals surface area (Å²) in [5.41, 5.74) is 1.36. The molecule has 2 aromatic rings. The quantitative estimate of drug-likeness (QED) is 0.675. The van der Waals surface area contributed by atoms with Crippen LogP contribution in [0.1, 0.15) is 6.92 Å². The van der Waals surface area contributed by atoms with Crippen molar-refractivity contribution in [1.82, 2.24) is 4.98 Å². The normalized spacial score (nSPS) is 9.83. The molecule has 0 unspecified atom stereocenters. The largest absolute Gasteiger partial charge is 0.445 e. The van der Waals surface area contributed by atoms with Gasteiger partial charge in [0.25, 0.3) is 0 Å². The molecule has 0 aliphatic carbocycles. The SMILES string of the molecule is CC(=O)OCNc1ccc(OC(=O)N(C)c2ccccc2)nc1. The molecule has 120 valence electrons. The molecule has 0 aliphatic heterocycles. The van der Waals surface area contributed by atoms with E-state index in [4.69, 9.17) is 9.47 Å². The number of amides is 1. The Balaban J connectivity index is 1.90. The smallest absolute Gasteiger partial charge is 0.420 e. The second-order valence-corrected chi connectivity index (χ2v) is 4.60. The average Bonchev–Trinajstić information content (AvgIpc) is 2.56. The second-order valence-electron chi connectivity index (χ2n) is 4.60. The van der Waals surface area contributed by atoms with Crippen LogP contribution in [0.3, 0.4) is 0 Å². The Morgan fingerprint density at radius 1 is 1.17 bits per heavy atom. The van der Waals surface area contributed by atoms with Crippen LogP contribution >= 0.6 is 0 Å². The Labute approximate surface area is 133 Å². The van der Waals surface area contributed by atoms with Gasteiger partial charge in [-0.2, -0.15) is 0 Å².